The Hall–Kier alpha value is -2.54. The molecule has 0 heterocycles. The summed E-state index contributed by atoms with van der Waals surface area (Å²) in [4.78, 5) is 13.7. The number of rotatable bonds is 8. The Kier molecular flexibility index (Phi) is 6.26. The lowest BCUT2D eigenvalue weighted by atomic mass is 10.1. The van der Waals surface area contributed by atoms with E-state index in [-0.39, 0.29) is 16.1 Å². The smallest absolute Gasteiger partial charge is 0.337 e. The largest absolute Gasteiger partial charge is 0.478 e. The van der Waals surface area contributed by atoms with Crippen molar-refractivity contribution in [2.45, 2.75) is 31.6 Å². The topological polar surface area (TPSA) is 86.7 Å². The van der Waals surface area contributed by atoms with Gasteiger partial charge >= 0.3 is 5.97 Å². The minimum absolute atomic E-state index is 0.0635. The molecule has 0 bridgehead atoms. The quantitative estimate of drug-likeness (QED) is 0.733. The van der Waals surface area contributed by atoms with Gasteiger partial charge < -0.3 is 10.0 Å². The predicted molar refractivity (Wildman–Crippen MR) is 104 cm³/mol. The molecule has 0 aliphatic heterocycles. The van der Waals surface area contributed by atoms with Crippen LogP contribution < -0.4 is 9.62 Å². The fourth-order valence-electron chi connectivity index (χ4n) is 2.69. The highest BCUT2D eigenvalue weighted by Crippen LogP contribution is 2.26. The van der Waals surface area contributed by atoms with E-state index in [1.807, 2.05) is 11.9 Å². The van der Waals surface area contributed by atoms with E-state index in [1.54, 1.807) is 37.3 Å². The van der Waals surface area contributed by atoms with E-state index in [9.17, 15) is 18.3 Å². The number of anilines is 2. The van der Waals surface area contributed by atoms with Crippen LogP contribution in [-0.2, 0) is 10.0 Å². The summed E-state index contributed by atoms with van der Waals surface area (Å²) in [6, 6.07) is 11.2. The first-order chi connectivity index (χ1) is 12.3. The maximum absolute atomic E-state index is 12.6. The van der Waals surface area contributed by atoms with E-state index < -0.39 is 16.0 Å². The van der Waals surface area contributed by atoms with Gasteiger partial charge in [0.05, 0.1) is 16.1 Å². The van der Waals surface area contributed by atoms with Crippen molar-refractivity contribution in [1.82, 2.24) is 0 Å². The lowest BCUT2D eigenvalue weighted by molar-refractivity contribution is 0.0697. The Morgan fingerprint density at radius 2 is 1.88 bits per heavy atom. The Morgan fingerprint density at radius 1 is 1.19 bits per heavy atom. The summed E-state index contributed by atoms with van der Waals surface area (Å²) in [5.41, 5.74) is 1.46. The summed E-state index contributed by atoms with van der Waals surface area (Å²) >= 11 is 0. The van der Waals surface area contributed by atoms with Gasteiger partial charge in [0.1, 0.15) is 0 Å². The number of carbonyl (C=O) groups is 1. The molecule has 0 spiro atoms. The normalized spacial score (nSPS) is 11.2. The summed E-state index contributed by atoms with van der Waals surface area (Å²) in [6.07, 6.45) is 1.94. The number of carboxylic acids is 1. The molecule has 2 rings (SSSR count). The highest BCUT2D eigenvalue weighted by Gasteiger charge is 2.19. The molecule has 0 saturated carbocycles. The van der Waals surface area contributed by atoms with Crippen molar-refractivity contribution in [2.24, 2.45) is 0 Å². The summed E-state index contributed by atoms with van der Waals surface area (Å²) in [5.74, 6) is -1.10. The van der Waals surface area contributed by atoms with Crippen LogP contribution in [0.5, 0.6) is 0 Å². The van der Waals surface area contributed by atoms with E-state index in [2.05, 4.69) is 11.6 Å². The molecule has 0 aromatic heterocycles. The van der Waals surface area contributed by atoms with E-state index in [0.29, 0.717) is 11.3 Å². The standard InChI is InChI=1S/C19H24N2O4S/c1-4-5-12-21(3)17-11-10-15(13-16(17)19(22)23)20-26(24,25)18-9-7-6-8-14(18)2/h6-11,13,20H,4-5,12H2,1-3H3,(H,22,23). The second-order valence-corrected chi connectivity index (χ2v) is 7.83. The molecule has 2 aromatic rings. The molecular weight excluding hydrogens is 352 g/mol. The third kappa shape index (κ3) is 4.54. The Labute approximate surface area is 154 Å². The summed E-state index contributed by atoms with van der Waals surface area (Å²) in [6.45, 7) is 4.50. The van der Waals surface area contributed by atoms with Gasteiger partial charge in [-0.1, -0.05) is 31.5 Å². The third-order valence-electron chi connectivity index (χ3n) is 4.12. The van der Waals surface area contributed by atoms with Crippen molar-refractivity contribution in [2.75, 3.05) is 23.2 Å². The van der Waals surface area contributed by atoms with Gasteiger partial charge in [0.25, 0.3) is 10.0 Å². The molecule has 0 aliphatic rings. The molecule has 140 valence electrons. The van der Waals surface area contributed by atoms with E-state index >= 15 is 0 Å². The highest BCUT2D eigenvalue weighted by atomic mass is 32.2. The van der Waals surface area contributed by atoms with Crippen molar-refractivity contribution in [3.05, 3.63) is 53.6 Å². The molecule has 0 saturated heterocycles. The number of benzene rings is 2. The van der Waals surface area contributed by atoms with Gasteiger partial charge in [0, 0.05) is 19.3 Å². The van der Waals surface area contributed by atoms with Crippen LogP contribution in [0.2, 0.25) is 0 Å². The van der Waals surface area contributed by atoms with Gasteiger partial charge in [-0.25, -0.2) is 13.2 Å². The number of nitrogens with zero attached hydrogens (tertiary/aromatic N) is 1. The van der Waals surface area contributed by atoms with Gasteiger partial charge in [0.2, 0.25) is 0 Å². The first-order valence-corrected chi connectivity index (χ1v) is 9.91. The number of nitrogens with one attached hydrogen (secondary N) is 1. The Morgan fingerprint density at radius 3 is 2.50 bits per heavy atom. The average Bonchev–Trinajstić information content (AvgIpc) is 2.59. The zero-order valence-corrected chi connectivity index (χ0v) is 16.0. The van der Waals surface area contributed by atoms with Crippen LogP contribution in [0, 0.1) is 6.92 Å². The van der Waals surface area contributed by atoms with Gasteiger partial charge in [-0.15, -0.1) is 0 Å². The Balaban J connectivity index is 2.35. The summed E-state index contributed by atoms with van der Waals surface area (Å²) in [5, 5.41) is 9.52. The first-order valence-electron chi connectivity index (χ1n) is 8.43. The first kappa shape index (κ1) is 19.8. The molecule has 0 unspecified atom stereocenters. The Bertz CT molecular complexity index is 894. The molecule has 26 heavy (non-hydrogen) atoms. The summed E-state index contributed by atoms with van der Waals surface area (Å²) in [7, 11) is -1.96. The second kappa shape index (κ2) is 8.23. The zero-order valence-electron chi connectivity index (χ0n) is 15.2. The molecule has 0 amide bonds. The molecule has 0 radical (unpaired) electrons. The van der Waals surface area contributed by atoms with Crippen LogP contribution in [0.15, 0.2) is 47.4 Å². The monoisotopic (exact) mass is 376 g/mol. The van der Waals surface area contributed by atoms with E-state index in [0.717, 1.165) is 19.4 Å². The van der Waals surface area contributed by atoms with E-state index in [1.165, 1.54) is 12.1 Å². The van der Waals surface area contributed by atoms with Crippen molar-refractivity contribution < 1.29 is 18.3 Å². The van der Waals surface area contributed by atoms with Gasteiger partial charge in [0.15, 0.2) is 0 Å². The molecule has 6 nitrogen and oxygen atoms in total. The molecule has 2 N–H and O–H groups in total. The lowest BCUT2D eigenvalue weighted by Crippen LogP contribution is -2.21. The van der Waals surface area contributed by atoms with Crippen molar-refractivity contribution in [3.63, 3.8) is 0 Å². The zero-order chi connectivity index (χ0) is 19.3. The number of aromatic carboxylic acids is 1. The number of hydrogen-bond acceptors (Lipinski definition) is 4. The van der Waals surface area contributed by atoms with Crippen molar-refractivity contribution in [3.8, 4) is 0 Å². The fraction of sp³-hybridized carbons (Fsp3) is 0.316. The number of unbranched alkanes of at least 4 members (excludes halogenated alkanes) is 1. The molecule has 0 aliphatic carbocycles. The van der Waals surface area contributed by atoms with Crippen LogP contribution in [0.25, 0.3) is 0 Å². The molecular formula is C19H24N2O4S. The number of hydrogen-bond donors (Lipinski definition) is 2. The maximum Gasteiger partial charge on any atom is 0.337 e. The SMILES string of the molecule is CCCCN(C)c1ccc(NS(=O)(=O)c2ccccc2C)cc1C(=O)O. The average molecular weight is 376 g/mol. The lowest BCUT2D eigenvalue weighted by Gasteiger charge is -2.21. The van der Waals surface area contributed by atoms with Gasteiger partial charge in [-0.3, -0.25) is 4.72 Å². The fourth-order valence-corrected chi connectivity index (χ4v) is 3.98. The van der Waals surface area contributed by atoms with Gasteiger partial charge in [-0.05, 0) is 43.2 Å². The van der Waals surface area contributed by atoms with Crippen molar-refractivity contribution >= 4 is 27.4 Å². The highest BCUT2D eigenvalue weighted by molar-refractivity contribution is 7.92. The van der Waals surface area contributed by atoms with Crippen LogP contribution in [0.1, 0.15) is 35.7 Å². The minimum Gasteiger partial charge on any atom is -0.478 e. The number of carboxylic acid groups (broad SMARTS) is 1. The van der Waals surface area contributed by atoms with Crippen molar-refractivity contribution in [1.29, 1.82) is 0 Å². The second-order valence-electron chi connectivity index (χ2n) is 6.18. The maximum atomic E-state index is 12.6. The van der Waals surface area contributed by atoms with Crippen LogP contribution in [-0.4, -0.2) is 33.1 Å². The molecule has 0 fully saturated rings. The third-order valence-corrected chi connectivity index (χ3v) is 5.66. The number of sulfonamides is 1. The van der Waals surface area contributed by atoms with E-state index in [4.69, 9.17) is 0 Å². The minimum atomic E-state index is -3.79. The summed E-state index contributed by atoms with van der Waals surface area (Å²) < 4.78 is 27.7. The molecule has 2 aromatic carbocycles. The van der Waals surface area contributed by atoms with Crippen LogP contribution in [0.4, 0.5) is 11.4 Å². The predicted octanol–water partition coefficient (Wildman–Crippen LogP) is 3.73. The van der Waals surface area contributed by atoms with Crippen LogP contribution in [0.3, 0.4) is 0 Å². The number of aryl methyl sites for hydroxylation is 1. The van der Waals surface area contributed by atoms with Crippen LogP contribution >= 0.6 is 0 Å². The molecule has 0 atom stereocenters. The van der Waals surface area contributed by atoms with Gasteiger partial charge in [-0.2, -0.15) is 0 Å². The molecule has 7 heteroatoms.